The van der Waals surface area contributed by atoms with Gasteiger partial charge in [0.15, 0.2) is 0 Å². The van der Waals surface area contributed by atoms with Gasteiger partial charge in [-0.3, -0.25) is 4.79 Å². The minimum absolute atomic E-state index is 0.103. The summed E-state index contributed by atoms with van der Waals surface area (Å²) in [6.07, 6.45) is 0.355. The summed E-state index contributed by atoms with van der Waals surface area (Å²) in [6, 6.07) is 15.0. The Balaban J connectivity index is 1.75. The maximum Gasteiger partial charge on any atom is 0.337 e. The summed E-state index contributed by atoms with van der Waals surface area (Å²) >= 11 is 0. The maximum atomic E-state index is 12.0. The van der Waals surface area contributed by atoms with Crippen LogP contribution in [0.2, 0.25) is 0 Å². The standard InChI is InChI=1S/C19H22N2O3/c1-14-6-8-15(9-7-14)13-20-11-10-18(22)21-17-5-3-4-16(12-17)19(23)24-2/h3-9,12,20H,10-11,13H2,1-2H3,(H,21,22). The van der Waals surface area contributed by atoms with Crippen LogP contribution in [-0.2, 0) is 16.1 Å². The van der Waals surface area contributed by atoms with Crippen molar-refractivity contribution in [2.75, 3.05) is 19.0 Å². The molecule has 2 aromatic rings. The van der Waals surface area contributed by atoms with Crippen LogP contribution in [0.3, 0.4) is 0 Å². The van der Waals surface area contributed by atoms with E-state index in [0.29, 0.717) is 24.2 Å². The molecule has 0 spiro atoms. The molecule has 0 aliphatic rings. The predicted molar refractivity (Wildman–Crippen MR) is 93.9 cm³/mol. The van der Waals surface area contributed by atoms with Gasteiger partial charge in [0.1, 0.15) is 0 Å². The van der Waals surface area contributed by atoms with Gasteiger partial charge in [0.25, 0.3) is 0 Å². The fraction of sp³-hybridized carbons (Fsp3) is 0.263. The third-order valence-corrected chi connectivity index (χ3v) is 3.55. The fourth-order valence-electron chi connectivity index (χ4n) is 2.21. The number of anilines is 1. The molecule has 0 heterocycles. The number of aryl methyl sites for hydroxylation is 1. The summed E-state index contributed by atoms with van der Waals surface area (Å²) < 4.78 is 4.66. The van der Waals surface area contributed by atoms with Crippen LogP contribution in [0.5, 0.6) is 0 Å². The normalized spacial score (nSPS) is 10.2. The van der Waals surface area contributed by atoms with Gasteiger partial charge in [-0.2, -0.15) is 0 Å². The van der Waals surface area contributed by atoms with E-state index in [1.54, 1.807) is 24.3 Å². The molecule has 1 amide bonds. The summed E-state index contributed by atoms with van der Waals surface area (Å²) in [4.78, 5) is 23.4. The van der Waals surface area contributed by atoms with Gasteiger partial charge < -0.3 is 15.4 Å². The molecule has 5 heteroatoms. The maximum absolute atomic E-state index is 12.0. The van der Waals surface area contributed by atoms with E-state index in [1.807, 2.05) is 0 Å². The van der Waals surface area contributed by atoms with Gasteiger partial charge in [-0.1, -0.05) is 35.9 Å². The first-order valence-corrected chi connectivity index (χ1v) is 7.83. The van der Waals surface area contributed by atoms with Crippen molar-refractivity contribution in [1.82, 2.24) is 5.32 Å². The quantitative estimate of drug-likeness (QED) is 0.606. The molecule has 0 bridgehead atoms. The second-order valence-electron chi connectivity index (χ2n) is 5.53. The van der Waals surface area contributed by atoms with Gasteiger partial charge in [-0.05, 0) is 30.7 Å². The molecule has 0 radical (unpaired) electrons. The van der Waals surface area contributed by atoms with Crippen LogP contribution in [0.4, 0.5) is 5.69 Å². The van der Waals surface area contributed by atoms with E-state index in [9.17, 15) is 9.59 Å². The Bertz CT molecular complexity index is 696. The Morgan fingerprint density at radius 3 is 2.54 bits per heavy atom. The van der Waals surface area contributed by atoms with Crippen molar-refractivity contribution in [2.24, 2.45) is 0 Å². The molecule has 2 rings (SSSR count). The highest BCUT2D eigenvalue weighted by molar-refractivity contribution is 5.94. The molecule has 0 saturated heterocycles. The van der Waals surface area contributed by atoms with Crippen molar-refractivity contribution in [3.8, 4) is 0 Å². The van der Waals surface area contributed by atoms with Crippen LogP contribution < -0.4 is 10.6 Å². The number of nitrogens with one attached hydrogen (secondary N) is 2. The molecule has 0 saturated carbocycles. The van der Waals surface area contributed by atoms with E-state index in [4.69, 9.17) is 0 Å². The van der Waals surface area contributed by atoms with E-state index in [0.717, 1.165) is 6.54 Å². The number of rotatable bonds is 7. The van der Waals surface area contributed by atoms with E-state index >= 15 is 0 Å². The minimum atomic E-state index is -0.425. The zero-order valence-electron chi connectivity index (χ0n) is 14.0. The molecule has 2 aromatic carbocycles. The third-order valence-electron chi connectivity index (χ3n) is 3.55. The van der Waals surface area contributed by atoms with Crippen LogP contribution in [0.25, 0.3) is 0 Å². The van der Waals surface area contributed by atoms with Crippen molar-refractivity contribution >= 4 is 17.6 Å². The molecule has 5 nitrogen and oxygen atoms in total. The largest absolute Gasteiger partial charge is 0.465 e. The first kappa shape index (κ1) is 17.7. The molecule has 2 N–H and O–H groups in total. The number of amides is 1. The van der Waals surface area contributed by atoms with Crippen molar-refractivity contribution < 1.29 is 14.3 Å². The topological polar surface area (TPSA) is 67.4 Å². The van der Waals surface area contributed by atoms with Crippen molar-refractivity contribution in [3.63, 3.8) is 0 Å². The first-order chi connectivity index (χ1) is 11.6. The van der Waals surface area contributed by atoms with Gasteiger partial charge in [-0.25, -0.2) is 4.79 Å². The Morgan fingerprint density at radius 1 is 1.08 bits per heavy atom. The number of carbonyl (C=O) groups is 2. The lowest BCUT2D eigenvalue weighted by Gasteiger charge is -2.08. The molecular weight excluding hydrogens is 304 g/mol. The summed E-state index contributed by atoms with van der Waals surface area (Å²) in [7, 11) is 1.33. The second kappa shape index (κ2) is 8.84. The predicted octanol–water partition coefficient (Wildman–Crippen LogP) is 2.90. The summed E-state index contributed by atoms with van der Waals surface area (Å²) in [5.74, 6) is -0.528. The zero-order valence-corrected chi connectivity index (χ0v) is 14.0. The number of hydrogen-bond acceptors (Lipinski definition) is 4. The lowest BCUT2D eigenvalue weighted by atomic mass is 10.1. The molecule has 126 valence electrons. The summed E-state index contributed by atoms with van der Waals surface area (Å²) in [5.41, 5.74) is 3.41. The molecule has 0 atom stereocenters. The van der Waals surface area contributed by atoms with E-state index in [1.165, 1.54) is 18.2 Å². The molecule has 0 aliphatic heterocycles. The lowest BCUT2D eigenvalue weighted by Crippen LogP contribution is -2.21. The Hall–Kier alpha value is -2.66. The Kier molecular flexibility index (Phi) is 6.51. The average Bonchev–Trinajstić information content (AvgIpc) is 2.60. The molecule has 0 aromatic heterocycles. The highest BCUT2D eigenvalue weighted by Crippen LogP contribution is 2.11. The summed E-state index contributed by atoms with van der Waals surface area (Å²) in [6.45, 7) is 3.36. The Morgan fingerprint density at radius 2 is 1.83 bits per heavy atom. The highest BCUT2D eigenvalue weighted by atomic mass is 16.5. The third kappa shape index (κ3) is 5.52. The molecule has 24 heavy (non-hydrogen) atoms. The van der Waals surface area contributed by atoms with Crippen molar-refractivity contribution in [2.45, 2.75) is 19.9 Å². The van der Waals surface area contributed by atoms with Crippen LogP contribution in [-0.4, -0.2) is 25.5 Å². The Labute approximate surface area is 142 Å². The van der Waals surface area contributed by atoms with Crippen molar-refractivity contribution in [3.05, 3.63) is 65.2 Å². The lowest BCUT2D eigenvalue weighted by molar-refractivity contribution is -0.116. The number of esters is 1. The SMILES string of the molecule is COC(=O)c1cccc(NC(=O)CCNCc2ccc(C)cc2)c1. The van der Waals surface area contributed by atoms with Gasteiger partial charge in [0.05, 0.1) is 12.7 Å². The van der Waals surface area contributed by atoms with Crippen LogP contribution in [0, 0.1) is 6.92 Å². The van der Waals surface area contributed by atoms with Crippen LogP contribution in [0.15, 0.2) is 48.5 Å². The van der Waals surface area contributed by atoms with Crippen molar-refractivity contribution in [1.29, 1.82) is 0 Å². The molecular formula is C19H22N2O3. The fourth-order valence-corrected chi connectivity index (χ4v) is 2.21. The number of carbonyl (C=O) groups excluding carboxylic acids is 2. The molecule has 0 fully saturated rings. The highest BCUT2D eigenvalue weighted by Gasteiger charge is 2.07. The average molecular weight is 326 g/mol. The van der Waals surface area contributed by atoms with E-state index < -0.39 is 5.97 Å². The molecule has 0 unspecified atom stereocenters. The summed E-state index contributed by atoms with van der Waals surface area (Å²) in [5, 5.41) is 6.02. The molecule has 0 aliphatic carbocycles. The van der Waals surface area contributed by atoms with Gasteiger partial charge in [0.2, 0.25) is 5.91 Å². The number of ether oxygens (including phenoxy) is 1. The van der Waals surface area contributed by atoms with Gasteiger partial charge >= 0.3 is 5.97 Å². The monoisotopic (exact) mass is 326 g/mol. The second-order valence-corrected chi connectivity index (χ2v) is 5.53. The van der Waals surface area contributed by atoms with Gasteiger partial charge in [0, 0.05) is 25.2 Å². The van der Waals surface area contributed by atoms with E-state index in [-0.39, 0.29) is 5.91 Å². The van der Waals surface area contributed by atoms with Crippen LogP contribution >= 0.6 is 0 Å². The minimum Gasteiger partial charge on any atom is -0.465 e. The smallest absolute Gasteiger partial charge is 0.337 e. The number of hydrogen-bond donors (Lipinski definition) is 2. The first-order valence-electron chi connectivity index (χ1n) is 7.83. The van der Waals surface area contributed by atoms with Crippen LogP contribution in [0.1, 0.15) is 27.9 Å². The van der Waals surface area contributed by atoms with Gasteiger partial charge in [-0.15, -0.1) is 0 Å². The van der Waals surface area contributed by atoms with E-state index in [2.05, 4.69) is 46.6 Å². The zero-order chi connectivity index (χ0) is 17.4. The number of methoxy groups -OCH3 is 1. The number of benzene rings is 2.